The second-order valence-electron chi connectivity index (χ2n) is 17.1. The van der Waals surface area contributed by atoms with Crippen LogP contribution in [0.1, 0.15) is 0 Å². The van der Waals surface area contributed by atoms with E-state index >= 15 is 0 Å². The Bertz CT molecular complexity index is 4210. The van der Waals surface area contributed by atoms with Gasteiger partial charge in [0, 0.05) is 55.3 Å². The number of hydrogen-bond donors (Lipinski definition) is 0. The maximum Gasteiger partial charge on any atom is 0.147 e. The maximum atomic E-state index is 7.23. The van der Waals surface area contributed by atoms with Gasteiger partial charge in [-0.15, -0.1) is 0 Å². The Balaban J connectivity index is 0.911. The van der Waals surface area contributed by atoms with E-state index in [1.165, 1.54) is 0 Å². The molecule has 6 heterocycles. The number of fused-ring (bicyclic) bond motifs is 17. The summed E-state index contributed by atoms with van der Waals surface area (Å²) in [6.45, 7) is 0. The Hall–Kier alpha value is -8.87. The van der Waals surface area contributed by atoms with Crippen LogP contribution in [0.25, 0.3) is 143 Å². The van der Waals surface area contributed by atoms with Gasteiger partial charge in [-0.2, -0.15) is 0 Å². The van der Waals surface area contributed by atoms with E-state index in [0.717, 1.165) is 143 Å². The van der Waals surface area contributed by atoms with Crippen molar-refractivity contribution in [3.05, 3.63) is 200 Å². The van der Waals surface area contributed by atoms with Gasteiger partial charge in [0.25, 0.3) is 0 Å². The Morgan fingerprint density at radius 3 is 1.46 bits per heavy atom. The van der Waals surface area contributed by atoms with Crippen LogP contribution in [0, 0.1) is 0 Å². The molecule has 0 unspecified atom stereocenters. The van der Waals surface area contributed by atoms with Crippen LogP contribution >= 0.6 is 0 Å². The highest BCUT2D eigenvalue weighted by atomic mass is 16.3. The number of benzene rings is 9. The second kappa shape index (κ2) is 12.8. The molecule has 0 N–H and O–H groups in total. The molecule has 0 bridgehead atoms. The molecule has 0 radical (unpaired) electrons. The minimum Gasteiger partial charge on any atom is -0.456 e. The fraction of sp³-hybridized carbons (Fsp3) is 0. The number of aromatic nitrogens is 3. The Morgan fingerprint density at radius 1 is 0.308 bits per heavy atom. The largest absolute Gasteiger partial charge is 0.456 e. The maximum absolute atomic E-state index is 7.23. The highest BCUT2D eigenvalue weighted by Crippen LogP contribution is 2.45. The number of nitrogens with zero attached hydrogens (tertiary/aromatic N) is 3. The molecule has 9 aromatic carbocycles. The molecule has 0 saturated heterocycles. The van der Waals surface area contributed by atoms with Gasteiger partial charge in [-0.3, -0.25) is 4.98 Å². The van der Waals surface area contributed by atoms with Crippen molar-refractivity contribution in [2.24, 2.45) is 0 Å². The first-order chi connectivity index (χ1) is 32.2. The summed E-state index contributed by atoms with van der Waals surface area (Å²) >= 11 is 0. The van der Waals surface area contributed by atoms with Gasteiger partial charge < -0.3 is 22.4 Å². The molecule has 0 spiro atoms. The van der Waals surface area contributed by atoms with Crippen molar-refractivity contribution in [2.45, 2.75) is 0 Å². The number of rotatable bonds is 4. The lowest BCUT2D eigenvalue weighted by Gasteiger charge is -2.10. The van der Waals surface area contributed by atoms with Crippen LogP contribution in [0.2, 0.25) is 0 Å². The molecular formula is C59H33N3O3. The number of hydrogen-bond acceptors (Lipinski definition) is 4. The van der Waals surface area contributed by atoms with Gasteiger partial charge in [0.05, 0.1) is 32.8 Å². The molecule has 6 heteroatoms. The highest BCUT2D eigenvalue weighted by molar-refractivity contribution is 6.28. The molecule has 0 fully saturated rings. The van der Waals surface area contributed by atoms with Crippen molar-refractivity contribution < 1.29 is 13.3 Å². The predicted molar refractivity (Wildman–Crippen MR) is 266 cm³/mol. The molecule has 302 valence electrons. The van der Waals surface area contributed by atoms with Gasteiger partial charge >= 0.3 is 0 Å². The van der Waals surface area contributed by atoms with Gasteiger partial charge in [0.2, 0.25) is 0 Å². The van der Waals surface area contributed by atoms with Crippen LogP contribution in [0.3, 0.4) is 0 Å². The third-order valence-electron chi connectivity index (χ3n) is 13.6. The van der Waals surface area contributed by atoms with E-state index in [0.29, 0.717) is 0 Å². The van der Waals surface area contributed by atoms with E-state index in [1.54, 1.807) is 0 Å². The first-order valence-corrected chi connectivity index (χ1v) is 21.9. The molecule has 0 aliphatic carbocycles. The summed E-state index contributed by atoms with van der Waals surface area (Å²) in [6.07, 6.45) is 1.88. The van der Waals surface area contributed by atoms with Gasteiger partial charge in [0.1, 0.15) is 39.0 Å². The standard InChI is InChI=1S/C59H33N3O3/c1-4-17-47-44(16-1)55-48(61(47)38-12-7-10-34(30-38)36-21-27-53-45(32-36)40-14-2-5-19-51(40)63-53)25-23-42-43-24-26-49-56(59(43)65-58(42)55)57-50(18-9-29-60-57)62(49)39-13-8-11-35(31-39)37-22-28-54-46(33-37)41-15-3-6-20-52(41)64-54/h1-33H. The first kappa shape index (κ1) is 34.7. The summed E-state index contributed by atoms with van der Waals surface area (Å²) in [5, 5.41) is 9.84. The summed E-state index contributed by atoms with van der Waals surface area (Å²) < 4.78 is 24.2. The lowest BCUT2D eigenvalue weighted by molar-refractivity contribution is 0.668. The summed E-state index contributed by atoms with van der Waals surface area (Å²) in [7, 11) is 0. The van der Waals surface area contributed by atoms with E-state index in [1.807, 2.05) is 36.5 Å². The SMILES string of the molecule is c1cc(-c2ccc3oc4ccccc4c3c2)cc(-n2c3ccccc3c3c4oc5c(ccc6c5c5ncccc5n6-c5cccc(-c6ccc7oc8ccccc8c7c6)c5)c4ccc32)c1. The van der Waals surface area contributed by atoms with Crippen LogP contribution in [-0.4, -0.2) is 14.1 Å². The third-order valence-corrected chi connectivity index (χ3v) is 13.6. The van der Waals surface area contributed by atoms with Gasteiger partial charge in [-0.25, -0.2) is 0 Å². The predicted octanol–water partition coefficient (Wildman–Crippen LogP) is 16.3. The average molecular weight is 832 g/mol. The molecule has 0 atom stereocenters. The molecule has 0 aliphatic heterocycles. The molecule has 0 saturated carbocycles. The van der Waals surface area contributed by atoms with E-state index in [9.17, 15) is 0 Å². The zero-order valence-electron chi connectivity index (χ0n) is 34.6. The monoisotopic (exact) mass is 831 g/mol. The summed E-state index contributed by atoms with van der Waals surface area (Å²) in [4.78, 5) is 5.03. The van der Waals surface area contributed by atoms with Gasteiger partial charge in [-0.1, -0.05) is 91.0 Å². The fourth-order valence-electron chi connectivity index (χ4n) is 10.7. The van der Waals surface area contributed by atoms with Crippen molar-refractivity contribution in [1.29, 1.82) is 0 Å². The zero-order valence-corrected chi connectivity index (χ0v) is 34.6. The van der Waals surface area contributed by atoms with E-state index < -0.39 is 0 Å². The van der Waals surface area contributed by atoms with Crippen molar-refractivity contribution in [3.63, 3.8) is 0 Å². The smallest absolute Gasteiger partial charge is 0.147 e. The zero-order chi connectivity index (χ0) is 42.3. The second-order valence-corrected chi connectivity index (χ2v) is 17.1. The minimum absolute atomic E-state index is 0.835. The van der Waals surface area contributed by atoms with E-state index in [2.05, 4.69) is 173 Å². The highest BCUT2D eigenvalue weighted by Gasteiger charge is 2.23. The number of para-hydroxylation sites is 3. The van der Waals surface area contributed by atoms with Gasteiger partial charge in [0.15, 0.2) is 0 Å². The van der Waals surface area contributed by atoms with Gasteiger partial charge in [-0.05, 0) is 125 Å². The van der Waals surface area contributed by atoms with Crippen molar-refractivity contribution in [2.75, 3.05) is 0 Å². The molecule has 0 aliphatic rings. The van der Waals surface area contributed by atoms with Crippen molar-refractivity contribution in [3.8, 4) is 33.6 Å². The number of pyridine rings is 1. The topological polar surface area (TPSA) is 62.2 Å². The quantitative estimate of drug-likeness (QED) is 0.177. The normalized spacial score (nSPS) is 12.3. The Labute approximate surface area is 369 Å². The lowest BCUT2D eigenvalue weighted by Crippen LogP contribution is -1.94. The molecule has 6 aromatic heterocycles. The third kappa shape index (κ3) is 4.85. The summed E-state index contributed by atoms with van der Waals surface area (Å²) in [5.41, 5.74) is 17.1. The van der Waals surface area contributed by atoms with E-state index in [4.69, 9.17) is 18.2 Å². The van der Waals surface area contributed by atoms with Crippen LogP contribution in [0.15, 0.2) is 214 Å². The molecule has 0 amide bonds. The number of furan rings is 3. The summed E-state index contributed by atoms with van der Waals surface area (Å²) in [6, 6.07) is 68.7. The first-order valence-electron chi connectivity index (χ1n) is 21.9. The Morgan fingerprint density at radius 2 is 0.815 bits per heavy atom. The fourth-order valence-corrected chi connectivity index (χ4v) is 10.7. The van der Waals surface area contributed by atoms with Crippen LogP contribution < -0.4 is 0 Å². The van der Waals surface area contributed by atoms with Crippen LogP contribution in [0.4, 0.5) is 0 Å². The van der Waals surface area contributed by atoms with Crippen LogP contribution in [-0.2, 0) is 0 Å². The van der Waals surface area contributed by atoms with Crippen molar-refractivity contribution in [1.82, 2.24) is 14.1 Å². The Kier molecular flexibility index (Phi) is 6.86. The molecule has 65 heavy (non-hydrogen) atoms. The van der Waals surface area contributed by atoms with Crippen LogP contribution in [0.5, 0.6) is 0 Å². The molecule has 15 rings (SSSR count). The lowest BCUT2D eigenvalue weighted by atomic mass is 10.0. The summed E-state index contributed by atoms with van der Waals surface area (Å²) in [5.74, 6) is 0. The molecule has 6 nitrogen and oxygen atoms in total. The van der Waals surface area contributed by atoms with Crippen molar-refractivity contribution >= 4 is 110 Å². The minimum atomic E-state index is 0.835. The van der Waals surface area contributed by atoms with E-state index in [-0.39, 0.29) is 0 Å². The molecule has 15 aromatic rings. The molecular weight excluding hydrogens is 799 g/mol. The average Bonchev–Trinajstić information content (AvgIpc) is 4.18.